The number of thiazole rings is 1. The number of carboxylic acids is 1. The molecule has 0 saturated heterocycles. The molecule has 35 heavy (non-hydrogen) atoms. The predicted molar refractivity (Wildman–Crippen MR) is 113 cm³/mol. The van der Waals surface area contributed by atoms with Gasteiger partial charge in [-0.05, 0) is 41.6 Å². The van der Waals surface area contributed by atoms with Gasteiger partial charge in [0, 0.05) is 28.3 Å². The molecule has 7 aliphatic rings. The Morgan fingerprint density at radius 2 is 1.77 bits per heavy atom. The third kappa shape index (κ3) is 1.69. The Balaban J connectivity index is 1.31. The van der Waals surface area contributed by atoms with Gasteiger partial charge in [-0.15, -0.1) is 11.3 Å². The molecule has 1 aromatic carbocycles. The molecule has 6 aliphatic carbocycles. The van der Waals surface area contributed by atoms with Crippen molar-refractivity contribution >= 4 is 29.1 Å². The summed E-state index contributed by atoms with van der Waals surface area (Å²) in [5.41, 5.74) is -0.720. The van der Waals surface area contributed by atoms with E-state index in [1.165, 1.54) is 18.4 Å². The highest BCUT2D eigenvalue weighted by atomic mass is 32.1. The first kappa shape index (κ1) is 20.0. The lowest BCUT2D eigenvalue weighted by Gasteiger charge is -3.10. The molecule has 1 aromatic heterocycles. The number of carbonyl (C=O) groups excluding carboxylic acids is 1. The molecule has 2 N–H and O–H groups in total. The number of nitrogens with zero attached hydrogens (tertiary/aromatic N) is 2. The van der Waals surface area contributed by atoms with Gasteiger partial charge < -0.3 is 15.2 Å². The standard InChI is InChI=1S/C24H16F3N3O4S/c1-34-21(31)8-17(6-2-3-7(25)16(27)15(6)26)29-19(20-28-4-5-35-20)30-18(8)23-9-12-10(23)14-11(23)13(9)24(12,14)22(32)33/h2-5,9-14,17H,1H3,(H,29,30)(H,32,33)/t9?,10?,11?,12?,13?,14?,17-,23?,24?/m1/s1. The maximum Gasteiger partial charge on any atom is 0.338 e. The second-order valence-electron chi connectivity index (χ2n) is 10.2. The second kappa shape index (κ2) is 5.77. The molecule has 7 nitrogen and oxygen atoms in total. The molecular weight excluding hydrogens is 483 g/mol. The molecule has 0 unspecified atom stereocenters. The summed E-state index contributed by atoms with van der Waals surface area (Å²) in [5, 5.41) is 15.4. The largest absolute Gasteiger partial charge is 0.481 e. The van der Waals surface area contributed by atoms with Crippen LogP contribution in [0.2, 0.25) is 0 Å². The SMILES string of the molecule is COC(=O)C1=C(C23C4C5C2C2C3C4C52C(=O)O)NC(c2nccs2)=N[C@@H]1c1ccc(F)c(F)c1F. The molecule has 1 aliphatic heterocycles. The van der Waals surface area contributed by atoms with Crippen LogP contribution in [-0.2, 0) is 14.3 Å². The number of nitrogens with one attached hydrogen (secondary N) is 1. The molecule has 11 heteroatoms. The zero-order valence-corrected chi connectivity index (χ0v) is 18.8. The minimum Gasteiger partial charge on any atom is -0.481 e. The minimum absolute atomic E-state index is 0.0535. The van der Waals surface area contributed by atoms with Crippen molar-refractivity contribution in [3.05, 3.63) is 63.0 Å². The molecule has 0 bridgehead atoms. The van der Waals surface area contributed by atoms with Gasteiger partial charge in [-0.1, -0.05) is 6.07 Å². The van der Waals surface area contributed by atoms with Gasteiger partial charge in [-0.2, -0.15) is 0 Å². The van der Waals surface area contributed by atoms with Crippen molar-refractivity contribution in [2.24, 2.45) is 51.3 Å². The Hall–Kier alpha value is -3.21. The number of aliphatic carboxylic acids is 1. The number of aromatic nitrogens is 1. The minimum atomic E-state index is -1.64. The molecular formula is C24H16F3N3O4S. The molecule has 9 rings (SSSR count). The van der Waals surface area contributed by atoms with Gasteiger partial charge in [0.1, 0.15) is 6.04 Å². The Morgan fingerprint density at radius 1 is 1.09 bits per heavy atom. The van der Waals surface area contributed by atoms with Crippen LogP contribution < -0.4 is 5.32 Å². The predicted octanol–water partition coefficient (Wildman–Crippen LogP) is 2.90. The Bertz CT molecular complexity index is 1410. The van der Waals surface area contributed by atoms with Crippen LogP contribution in [0, 0.1) is 63.8 Å². The Labute approximate surface area is 199 Å². The van der Waals surface area contributed by atoms with Crippen molar-refractivity contribution in [2.45, 2.75) is 6.04 Å². The number of esters is 1. The van der Waals surface area contributed by atoms with Crippen molar-refractivity contribution in [3.63, 3.8) is 0 Å². The van der Waals surface area contributed by atoms with E-state index >= 15 is 4.39 Å². The van der Waals surface area contributed by atoms with Gasteiger partial charge in [-0.25, -0.2) is 22.9 Å². The van der Waals surface area contributed by atoms with Crippen LogP contribution in [0.15, 0.2) is 40.0 Å². The highest BCUT2D eigenvalue weighted by molar-refractivity contribution is 7.11. The van der Waals surface area contributed by atoms with E-state index < -0.39 is 46.3 Å². The monoisotopic (exact) mass is 499 g/mol. The van der Waals surface area contributed by atoms with E-state index in [4.69, 9.17) is 4.74 Å². The summed E-state index contributed by atoms with van der Waals surface area (Å²) in [7, 11) is 1.20. The van der Waals surface area contributed by atoms with Crippen LogP contribution in [-0.4, -0.2) is 35.0 Å². The van der Waals surface area contributed by atoms with Crippen molar-refractivity contribution in [1.82, 2.24) is 10.3 Å². The smallest absolute Gasteiger partial charge is 0.338 e. The highest BCUT2D eigenvalue weighted by Gasteiger charge is 3.12. The summed E-state index contributed by atoms with van der Waals surface area (Å²) in [6.45, 7) is 0. The maximum atomic E-state index is 15.0. The summed E-state index contributed by atoms with van der Waals surface area (Å²) in [6.07, 6.45) is 1.58. The van der Waals surface area contributed by atoms with E-state index in [0.717, 1.165) is 12.1 Å². The zero-order chi connectivity index (χ0) is 24.2. The van der Waals surface area contributed by atoms with Crippen molar-refractivity contribution < 1.29 is 32.6 Å². The summed E-state index contributed by atoms with van der Waals surface area (Å²) in [4.78, 5) is 33.9. The molecule has 0 amide bonds. The number of carboxylic acid groups (broad SMARTS) is 1. The third-order valence-electron chi connectivity index (χ3n) is 9.88. The number of halogens is 3. The van der Waals surface area contributed by atoms with Crippen LogP contribution in [0.4, 0.5) is 13.2 Å². The molecule has 6 saturated carbocycles. The normalized spacial score (nSPS) is 42.3. The fourth-order valence-electron chi connectivity index (χ4n) is 9.10. The second-order valence-corrected chi connectivity index (χ2v) is 11.1. The molecule has 178 valence electrons. The maximum absolute atomic E-state index is 15.0. The number of ether oxygens (including phenoxy) is 1. The van der Waals surface area contributed by atoms with Crippen LogP contribution in [0.25, 0.3) is 0 Å². The summed E-state index contributed by atoms with van der Waals surface area (Å²) >= 11 is 1.29. The first-order valence-corrected chi connectivity index (χ1v) is 12.1. The first-order valence-electron chi connectivity index (χ1n) is 11.3. The van der Waals surface area contributed by atoms with Gasteiger partial charge in [0.05, 0.1) is 18.1 Å². The highest BCUT2D eigenvalue weighted by Crippen LogP contribution is 3.11. The van der Waals surface area contributed by atoms with E-state index in [2.05, 4.69) is 15.3 Å². The fourth-order valence-corrected chi connectivity index (χ4v) is 9.68. The van der Waals surface area contributed by atoms with E-state index in [9.17, 15) is 23.5 Å². The molecule has 0 radical (unpaired) electrons. The number of hydrogen-bond acceptors (Lipinski definition) is 7. The Kier molecular flexibility index (Phi) is 3.30. The van der Waals surface area contributed by atoms with Gasteiger partial charge in [0.2, 0.25) is 0 Å². The molecule has 2 aromatic rings. The van der Waals surface area contributed by atoms with Gasteiger partial charge in [0.15, 0.2) is 28.3 Å². The quantitative estimate of drug-likeness (QED) is 0.485. The van der Waals surface area contributed by atoms with E-state index in [-0.39, 0.29) is 46.6 Å². The molecule has 0 spiro atoms. The average Bonchev–Trinajstić information content (AvgIpc) is 3.41. The number of carbonyl (C=O) groups is 2. The summed E-state index contributed by atoms with van der Waals surface area (Å²) in [6, 6.07) is 0.623. The number of amidine groups is 1. The van der Waals surface area contributed by atoms with Crippen LogP contribution in [0.3, 0.4) is 0 Å². The molecule has 6 fully saturated rings. The van der Waals surface area contributed by atoms with Gasteiger partial charge in [0.25, 0.3) is 0 Å². The number of methoxy groups -OCH3 is 1. The topological polar surface area (TPSA) is 101 Å². The fraction of sp³-hybridized carbons (Fsp3) is 0.417. The molecule has 2 heterocycles. The summed E-state index contributed by atoms with van der Waals surface area (Å²) in [5.74, 6) is -4.99. The zero-order valence-electron chi connectivity index (χ0n) is 18.0. The van der Waals surface area contributed by atoms with E-state index in [1.807, 2.05) is 0 Å². The van der Waals surface area contributed by atoms with Crippen molar-refractivity contribution in [2.75, 3.05) is 7.11 Å². The van der Waals surface area contributed by atoms with Crippen LogP contribution in [0.1, 0.15) is 16.6 Å². The van der Waals surface area contributed by atoms with Crippen LogP contribution >= 0.6 is 11.3 Å². The lowest BCUT2D eigenvalue weighted by atomic mass is 8.92. The summed E-state index contributed by atoms with van der Waals surface area (Å²) < 4.78 is 48.0. The number of benzene rings is 1. The lowest BCUT2D eigenvalue weighted by Crippen LogP contribution is -3.11. The average molecular weight is 499 g/mol. The van der Waals surface area contributed by atoms with E-state index in [0.29, 0.717) is 16.5 Å². The third-order valence-corrected chi connectivity index (χ3v) is 10.7. The number of aliphatic imine (C=N–C) groups is 1. The first-order chi connectivity index (χ1) is 16.8. The van der Waals surface area contributed by atoms with Gasteiger partial charge in [-0.3, -0.25) is 9.79 Å². The number of rotatable bonds is 5. The number of hydrogen-bond donors (Lipinski definition) is 2. The van der Waals surface area contributed by atoms with E-state index in [1.54, 1.807) is 11.6 Å². The Morgan fingerprint density at radius 3 is 2.34 bits per heavy atom. The van der Waals surface area contributed by atoms with Crippen molar-refractivity contribution in [3.8, 4) is 0 Å². The number of allylic oxidation sites excluding steroid dienone is 1. The lowest BCUT2D eigenvalue weighted by molar-refractivity contribution is -0.633. The molecule has 1 atom stereocenters. The van der Waals surface area contributed by atoms with Gasteiger partial charge >= 0.3 is 11.9 Å². The van der Waals surface area contributed by atoms with Crippen molar-refractivity contribution in [1.29, 1.82) is 0 Å². The van der Waals surface area contributed by atoms with Crippen LogP contribution in [0.5, 0.6) is 0 Å².